The van der Waals surface area contributed by atoms with E-state index in [1.54, 1.807) is 0 Å². The second-order valence-corrected chi connectivity index (χ2v) is 8.01. The van der Waals surface area contributed by atoms with Gasteiger partial charge < -0.3 is 10.6 Å². The first-order valence-corrected chi connectivity index (χ1v) is 10.5. The van der Waals surface area contributed by atoms with Crippen molar-refractivity contribution in [2.75, 3.05) is 26.2 Å². The normalized spacial score (nSPS) is 21.4. The molecule has 3 heterocycles. The Morgan fingerprint density at radius 1 is 1.11 bits per heavy atom. The number of rotatable bonds is 5. The zero-order chi connectivity index (χ0) is 19.2. The zero-order valence-corrected chi connectivity index (χ0v) is 16.4. The number of pyridine rings is 1. The fraction of sp³-hybridized carbons (Fsp3) is 0.478. The Morgan fingerprint density at radius 3 is 2.61 bits per heavy atom. The van der Waals surface area contributed by atoms with Gasteiger partial charge in [-0.25, -0.2) is 0 Å². The third-order valence-electron chi connectivity index (χ3n) is 5.98. The van der Waals surface area contributed by atoms with Gasteiger partial charge >= 0.3 is 0 Å². The van der Waals surface area contributed by atoms with Crippen molar-refractivity contribution < 1.29 is 4.79 Å². The number of nitrogens with zero attached hydrogens (tertiary/aromatic N) is 2. The Labute approximate surface area is 167 Å². The molecule has 0 bridgehead atoms. The number of hydrogen-bond acceptors (Lipinski definition) is 4. The summed E-state index contributed by atoms with van der Waals surface area (Å²) in [7, 11) is 0. The molecule has 2 aliphatic heterocycles. The van der Waals surface area contributed by atoms with Gasteiger partial charge in [-0.15, -0.1) is 0 Å². The van der Waals surface area contributed by atoms with Crippen molar-refractivity contribution >= 4 is 5.91 Å². The van der Waals surface area contributed by atoms with Crippen molar-refractivity contribution in [3.63, 3.8) is 0 Å². The average Bonchev–Trinajstić information content (AvgIpc) is 2.76. The first kappa shape index (κ1) is 19.1. The van der Waals surface area contributed by atoms with Crippen molar-refractivity contribution in [1.29, 1.82) is 0 Å². The number of likely N-dealkylation sites (tertiary alicyclic amines) is 1. The van der Waals surface area contributed by atoms with Gasteiger partial charge in [0.25, 0.3) is 5.91 Å². The lowest BCUT2D eigenvalue weighted by molar-refractivity contribution is 0.0908. The number of hydrogen-bond donors (Lipinski definition) is 2. The molecule has 5 nitrogen and oxygen atoms in total. The summed E-state index contributed by atoms with van der Waals surface area (Å²) in [5, 5.41) is 6.68. The number of benzene rings is 1. The van der Waals surface area contributed by atoms with Crippen LogP contribution in [0.15, 0.2) is 48.7 Å². The Kier molecular flexibility index (Phi) is 6.34. The van der Waals surface area contributed by atoms with E-state index in [0.29, 0.717) is 5.92 Å². The number of nitrogens with one attached hydrogen (secondary N) is 2. The minimum atomic E-state index is 0.0523. The number of aromatic nitrogens is 1. The number of piperidine rings is 2. The van der Waals surface area contributed by atoms with Crippen LogP contribution in [0, 0.1) is 0 Å². The summed E-state index contributed by atoms with van der Waals surface area (Å²) in [5.74, 6) is 0.630. The minimum absolute atomic E-state index is 0.0523. The lowest BCUT2D eigenvalue weighted by atomic mass is 9.91. The fourth-order valence-electron chi connectivity index (χ4n) is 4.27. The highest BCUT2D eigenvalue weighted by Crippen LogP contribution is 2.23. The SMILES string of the molecule is O=C(NC1CCN(Cc2ccccn2)CC1)c1ccc([C@H]2CCCNC2)cc1. The minimum Gasteiger partial charge on any atom is -0.349 e. The van der Waals surface area contributed by atoms with E-state index in [-0.39, 0.29) is 11.9 Å². The summed E-state index contributed by atoms with van der Waals surface area (Å²) in [6.45, 7) is 5.05. The highest BCUT2D eigenvalue weighted by atomic mass is 16.1. The molecule has 1 aromatic carbocycles. The van der Waals surface area contributed by atoms with E-state index in [9.17, 15) is 4.79 Å². The van der Waals surface area contributed by atoms with E-state index in [2.05, 4.69) is 38.7 Å². The zero-order valence-electron chi connectivity index (χ0n) is 16.4. The van der Waals surface area contributed by atoms with Crippen LogP contribution >= 0.6 is 0 Å². The van der Waals surface area contributed by atoms with E-state index < -0.39 is 0 Å². The molecule has 0 spiro atoms. The maximum Gasteiger partial charge on any atom is 0.251 e. The fourth-order valence-corrected chi connectivity index (χ4v) is 4.27. The van der Waals surface area contributed by atoms with Crippen LogP contribution < -0.4 is 10.6 Å². The number of amides is 1. The largest absolute Gasteiger partial charge is 0.349 e. The first-order valence-electron chi connectivity index (χ1n) is 10.5. The Hall–Kier alpha value is -2.24. The van der Waals surface area contributed by atoms with E-state index in [0.717, 1.165) is 56.8 Å². The van der Waals surface area contributed by atoms with E-state index in [1.807, 2.05) is 30.5 Å². The predicted octanol–water partition coefficient (Wildman–Crippen LogP) is 2.94. The van der Waals surface area contributed by atoms with Crippen LogP contribution in [-0.2, 0) is 6.54 Å². The summed E-state index contributed by atoms with van der Waals surface area (Å²) < 4.78 is 0. The van der Waals surface area contributed by atoms with E-state index >= 15 is 0 Å². The molecule has 4 rings (SSSR count). The molecule has 2 aliphatic rings. The van der Waals surface area contributed by atoms with Gasteiger partial charge in [0.2, 0.25) is 0 Å². The highest BCUT2D eigenvalue weighted by Gasteiger charge is 2.22. The standard InChI is InChI=1S/C23H30N4O/c28-23(19-8-6-18(7-9-19)20-4-3-12-24-16-20)26-21-10-14-27(15-11-21)17-22-5-1-2-13-25-22/h1-2,5-9,13,20-21,24H,3-4,10-12,14-17H2,(H,26,28)/t20-/m0/s1. The van der Waals surface area contributed by atoms with Crippen LogP contribution in [0.1, 0.15) is 53.2 Å². The third kappa shape index (κ3) is 4.97. The van der Waals surface area contributed by atoms with Crippen LogP contribution in [0.4, 0.5) is 0 Å². The predicted molar refractivity (Wildman–Crippen MR) is 111 cm³/mol. The molecule has 0 unspecified atom stereocenters. The lowest BCUT2D eigenvalue weighted by Gasteiger charge is -2.32. The van der Waals surface area contributed by atoms with Crippen LogP contribution in [0.3, 0.4) is 0 Å². The van der Waals surface area contributed by atoms with Gasteiger partial charge in [0, 0.05) is 44.0 Å². The molecule has 2 fully saturated rings. The summed E-state index contributed by atoms with van der Waals surface area (Å²) in [4.78, 5) is 19.4. The van der Waals surface area contributed by atoms with Gasteiger partial charge in [-0.2, -0.15) is 0 Å². The monoisotopic (exact) mass is 378 g/mol. The topological polar surface area (TPSA) is 57.3 Å². The number of carbonyl (C=O) groups is 1. The van der Waals surface area contributed by atoms with Crippen molar-refractivity contribution in [1.82, 2.24) is 20.5 Å². The van der Waals surface area contributed by atoms with Crippen molar-refractivity contribution in [2.24, 2.45) is 0 Å². The molecule has 2 N–H and O–H groups in total. The van der Waals surface area contributed by atoms with Crippen LogP contribution in [-0.4, -0.2) is 48.0 Å². The van der Waals surface area contributed by atoms with E-state index in [1.165, 1.54) is 18.4 Å². The molecule has 2 saturated heterocycles. The summed E-state index contributed by atoms with van der Waals surface area (Å²) >= 11 is 0. The van der Waals surface area contributed by atoms with Crippen molar-refractivity contribution in [3.8, 4) is 0 Å². The molecule has 1 amide bonds. The maximum absolute atomic E-state index is 12.6. The Morgan fingerprint density at radius 2 is 1.93 bits per heavy atom. The Balaban J connectivity index is 1.25. The number of carbonyl (C=O) groups excluding carboxylic acids is 1. The van der Waals surface area contributed by atoms with Crippen molar-refractivity contribution in [2.45, 2.75) is 44.2 Å². The molecular formula is C23H30N4O. The molecule has 148 valence electrons. The quantitative estimate of drug-likeness (QED) is 0.840. The average molecular weight is 379 g/mol. The van der Waals surface area contributed by atoms with Crippen molar-refractivity contribution in [3.05, 3.63) is 65.5 Å². The van der Waals surface area contributed by atoms with Crippen LogP contribution in [0.25, 0.3) is 0 Å². The molecular weight excluding hydrogens is 348 g/mol. The lowest BCUT2D eigenvalue weighted by Crippen LogP contribution is -2.44. The maximum atomic E-state index is 12.6. The Bertz CT molecular complexity index is 748. The summed E-state index contributed by atoms with van der Waals surface area (Å²) in [6, 6.07) is 14.5. The summed E-state index contributed by atoms with van der Waals surface area (Å²) in [6.07, 6.45) is 6.29. The second-order valence-electron chi connectivity index (χ2n) is 8.01. The van der Waals surface area contributed by atoms with Gasteiger partial charge in [-0.3, -0.25) is 14.7 Å². The smallest absolute Gasteiger partial charge is 0.251 e. The van der Waals surface area contributed by atoms with Gasteiger partial charge in [0.1, 0.15) is 0 Å². The molecule has 0 aliphatic carbocycles. The molecule has 1 aromatic heterocycles. The van der Waals surface area contributed by atoms with Crippen LogP contribution in [0.5, 0.6) is 0 Å². The molecule has 0 radical (unpaired) electrons. The van der Waals surface area contributed by atoms with Gasteiger partial charge in [-0.1, -0.05) is 18.2 Å². The molecule has 0 saturated carbocycles. The van der Waals surface area contributed by atoms with E-state index in [4.69, 9.17) is 0 Å². The second kappa shape index (κ2) is 9.30. The first-order chi connectivity index (χ1) is 13.8. The van der Waals surface area contributed by atoms with Crippen LogP contribution in [0.2, 0.25) is 0 Å². The molecule has 28 heavy (non-hydrogen) atoms. The summed E-state index contributed by atoms with van der Waals surface area (Å²) in [5.41, 5.74) is 3.22. The molecule has 5 heteroatoms. The van der Waals surface area contributed by atoms with Gasteiger partial charge in [0.05, 0.1) is 5.69 Å². The highest BCUT2D eigenvalue weighted by molar-refractivity contribution is 5.94. The van der Waals surface area contributed by atoms with Gasteiger partial charge in [-0.05, 0) is 68.0 Å². The molecule has 1 atom stereocenters. The molecule has 2 aromatic rings. The van der Waals surface area contributed by atoms with Gasteiger partial charge in [0.15, 0.2) is 0 Å². The third-order valence-corrected chi connectivity index (χ3v) is 5.98.